The van der Waals surface area contributed by atoms with Gasteiger partial charge in [0.05, 0.1) is 11.0 Å². The van der Waals surface area contributed by atoms with Crippen molar-refractivity contribution < 1.29 is 0 Å². The highest BCUT2D eigenvalue weighted by Crippen LogP contribution is 2.34. The van der Waals surface area contributed by atoms with E-state index in [1.54, 1.807) is 0 Å². The lowest BCUT2D eigenvalue weighted by molar-refractivity contribution is 0.680. The van der Waals surface area contributed by atoms with E-state index in [0.29, 0.717) is 11.8 Å². The second kappa shape index (κ2) is 11.4. The largest absolute Gasteiger partial charge is 0.331 e. The van der Waals surface area contributed by atoms with Gasteiger partial charge in [0, 0.05) is 41.0 Å². The fourth-order valence-electron chi connectivity index (χ4n) is 6.57. The van der Waals surface area contributed by atoms with Crippen LogP contribution in [0.25, 0.3) is 38.9 Å². The van der Waals surface area contributed by atoms with Crippen molar-refractivity contribution in [2.24, 2.45) is 0 Å². The molecule has 0 atom stereocenters. The lowest BCUT2D eigenvalue weighted by Gasteiger charge is -2.20. The first-order valence-electron chi connectivity index (χ1n) is 15.2. The minimum Gasteiger partial charge on any atom is -0.331 e. The van der Waals surface area contributed by atoms with E-state index in [-0.39, 0.29) is 0 Å². The first-order chi connectivity index (χ1) is 20.0. The minimum absolute atomic E-state index is 0.510. The molecule has 0 aliphatic heterocycles. The Balaban J connectivity index is 1.40. The molecule has 0 saturated carbocycles. The zero-order valence-electron chi connectivity index (χ0n) is 25.1. The van der Waals surface area contributed by atoms with Crippen molar-refractivity contribution in [3.05, 3.63) is 120 Å². The van der Waals surface area contributed by atoms with Crippen LogP contribution in [-0.2, 0) is 19.4 Å². The molecule has 2 heterocycles. The summed E-state index contributed by atoms with van der Waals surface area (Å²) < 4.78 is 4.77. The van der Waals surface area contributed by atoms with Gasteiger partial charge in [-0.2, -0.15) is 0 Å². The SMILES string of the molecule is CCCc1cc(-n2c3ccccc3c3ccccc32)ccc1-c1nccn1CCc1c(C(C)C)cccc1C(C)C. The average Bonchev–Trinajstić information content (AvgIpc) is 3.58. The molecule has 3 heteroatoms. The lowest BCUT2D eigenvalue weighted by atomic mass is 9.87. The fraction of sp³-hybridized carbons (Fsp3) is 0.289. The Morgan fingerprint density at radius 3 is 1.95 bits per heavy atom. The van der Waals surface area contributed by atoms with Gasteiger partial charge in [0.2, 0.25) is 0 Å². The number of benzene rings is 4. The Kier molecular flexibility index (Phi) is 7.53. The van der Waals surface area contributed by atoms with Crippen LogP contribution in [0, 0.1) is 0 Å². The molecule has 0 N–H and O–H groups in total. The Labute approximate surface area is 244 Å². The van der Waals surface area contributed by atoms with Crippen LogP contribution in [0.2, 0.25) is 0 Å². The Hall–Kier alpha value is -4.11. The zero-order valence-corrected chi connectivity index (χ0v) is 25.1. The van der Waals surface area contributed by atoms with Crippen molar-refractivity contribution in [2.45, 2.75) is 72.3 Å². The number of hydrogen-bond donors (Lipinski definition) is 0. The molecule has 2 aromatic heterocycles. The highest BCUT2D eigenvalue weighted by atomic mass is 15.1. The standard InChI is InChI=1S/C38H41N3/c1-6-12-28-25-29(41-36-17-9-7-13-34(36)35-14-8-10-18-37(35)41)19-20-32(28)38-39-22-24-40(38)23-21-33-30(26(2)3)15-11-16-31(33)27(4)5/h7-11,13-20,22,24-27H,6,12,21,23H2,1-5H3. The molecule has 0 bridgehead atoms. The third kappa shape index (κ3) is 4.99. The van der Waals surface area contributed by atoms with Crippen molar-refractivity contribution in [2.75, 3.05) is 0 Å². The molecule has 0 radical (unpaired) electrons. The number of imidazole rings is 1. The summed E-state index contributed by atoms with van der Waals surface area (Å²) >= 11 is 0. The molecule has 0 aliphatic rings. The van der Waals surface area contributed by atoms with E-state index in [4.69, 9.17) is 4.98 Å². The summed E-state index contributed by atoms with van der Waals surface area (Å²) in [6.07, 6.45) is 7.22. The van der Waals surface area contributed by atoms with Gasteiger partial charge in [-0.05, 0) is 77.3 Å². The van der Waals surface area contributed by atoms with E-state index < -0.39 is 0 Å². The molecule has 4 aromatic carbocycles. The van der Waals surface area contributed by atoms with Gasteiger partial charge >= 0.3 is 0 Å². The van der Waals surface area contributed by atoms with Gasteiger partial charge in [0.15, 0.2) is 0 Å². The predicted octanol–water partition coefficient (Wildman–Crippen LogP) is 10.1. The quantitative estimate of drug-likeness (QED) is 0.179. The van der Waals surface area contributed by atoms with Gasteiger partial charge in [-0.25, -0.2) is 4.98 Å². The molecule has 208 valence electrons. The van der Waals surface area contributed by atoms with Crippen LogP contribution in [0.4, 0.5) is 0 Å². The third-order valence-electron chi connectivity index (χ3n) is 8.50. The molecule has 0 aliphatic carbocycles. The van der Waals surface area contributed by atoms with Gasteiger partial charge in [0.25, 0.3) is 0 Å². The number of fused-ring (bicyclic) bond motifs is 3. The molecule has 0 saturated heterocycles. The Morgan fingerprint density at radius 2 is 1.34 bits per heavy atom. The maximum atomic E-state index is 4.91. The first kappa shape index (κ1) is 27.1. The second-order valence-electron chi connectivity index (χ2n) is 11.9. The molecule has 0 unspecified atom stereocenters. The van der Waals surface area contributed by atoms with E-state index in [0.717, 1.165) is 31.6 Å². The van der Waals surface area contributed by atoms with Crippen LogP contribution in [-0.4, -0.2) is 14.1 Å². The van der Waals surface area contributed by atoms with Crippen molar-refractivity contribution >= 4 is 21.8 Å². The van der Waals surface area contributed by atoms with Gasteiger partial charge in [-0.3, -0.25) is 0 Å². The lowest BCUT2D eigenvalue weighted by Crippen LogP contribution is -2.09. The van der Waals surface area contributed by atoms with Gasteiger partial charge in [0.1, 0.15) is 5.82 Å². The predicted molar refractivity (Wildman–Crippen MR) is 174 cm³/mol. The highest BCUT2D eigenvalue weighted by Gasteiger charge is 2.18. The van der Waals surface area contributed by atoms with Gasteiger partial charge < -0.3 is 9.13 Å². The normalized spacial score (nSPS) is 11.9. The van der Waals surface area contributed by atoms with Gasteiger partial charge in [-0.15, -0.1) is 0 Å². The number of rotatable bonds is 9. The molecule has 6 aromatic rings. The summed E-state index contributed by atoms with van der Waals surface area (Å²) in [5.74, 6) is 2.08. The number of nitrogens with zero attached hydrogens (tertiary/aromatic N) is 3. The molecule has 0 fully saturated rings. The number of hydrogen-bond acceptors (Lipinski definition) is 1. The van der Waals surface area contributed by atoms with Crippen LogP contribution in [0.3, 0.4) is 0 Å². The second-order valence-corrected chi connectivity index (χ2v) is 11.9. The Morgan fingerprint density at radius 1 is 0.707 bits per heavy atom. The maximum absolute atomic E-state index is 4.91. The van der Waals surface area contributed by atoms with E-state index >= 15 is 0 Å². The monoisotopic (exact) mass is 539 g/mol. The van der Waals surface area contributed by atoms with Crippen molar-refractivity contribution in [1.29, 1.82) is 0 Å². The van der Waals surface area contributed by atoms with Crippen molar-refractivity contribution in [3.63, 3.8) is 0 Å². The van der Waals surface area contributed by atoms with Crippen molar-refractivity contribution in [3.8, 4) is 17.1 Å². The number of aryl methyl sites for hydroxylation is 2. The number of aromatic nitrogens is 3. The van der Waals surface area contributed by atoms with Crippen LogP contribution in [0.5, 0.6) is 0 Å². The smallest absolute Gasteiger partial charge is 0.140 e. The summed E-state index contributed by atoms with van der Waals surface area (Å²) in [4.78, 5) is 4.91. The molecular formula is C38H41N3. The van der Waals surface area contributed by atoms with E-state index in [1.807, 2.05) is 6.20 Å². The molecule has 3 nitrogen and oxygen atoms in total. The van der Waals surface area contributed by atoms with Crippen LogP contribution >= 0.6 is 0 Å². The third-order valence-corrected chi connectivity index (χ3v) is 8.50. The van der Waals surface area contributed by atoms with E-state index in [9.17, 15) is 0 Å². The fourth-order valence-corrected chi connectivity index (χ4v) is 6.57. The molecular weight excluding hydrogens is 498 g/mol. The van der Waals surface area contributed by atoms with E-state index in [1.165, 1.54) is 55.3 Å². The summed E-state index contributed by atoms with van der Waals surface area (Å²) in [5.41, 5.74) is 10.7. The maximum Gasteiger partial charge on any atom is 0.140 e. The summed E-state index contributed by atoms with van der Waals surface area (Å²) in [5, 5.41) is 2.59. The Bertz CT molecular complexity index is 1740. The average molecular weight is 540 g/mol. The van der Waals surface area contributed by atoms with Crippen molar-refractivity contribution in [1.82, 2.24) is 14.1 Å². The van der Waals surface area contributed by atoms with Gasteiger partial charge in [-0.1, -0.05) is 95.6 Å². The molecule has 41 heavy (non-hydrogen) atoms. The van der Waals surface area contributed by atoms with Crippen LogP contribution < -0.4 is 0 Å². The van der Waals surface area contributed by atoms with E-state index in [2.05, 4.69) is 135 Å². The number of para-hydroxylation sites is 2. The topological polar surface area (TPSA) is 22.8 Å². The molecule has 6 rings (SSSR count). The van der Waals surface area contributed by atoms with Crippen LogP contribution in [0.15, 0.2) is 97.3 Å². The molecule has 0 amide bonds. The summed E-state index contributed by atoms with van der Waals surface area (Å²) in [6.45, 7) is 12.4. The summed E-state index contributed by atoms with van der Waals surface area (Å²) in [6, 6.07) is 31.3. The van der Waals surface area contributed by atoms with Crippen LogP contribution in [0.1, 0.15) is 75.1 Å². The molecule has 0 spiro atoms. The zero-order chi connectivity index (χ0) is 28.5. The highest BCUT2D eigenvalue weighted by molar-refractivity contribution is 6.09. The minimum atomic E-state index is 0.510. The summed E-state index contributed by atoms with van der Waals surface area (Å²) in [7, 11) is 0. The first-order valence-corrected chi connectivity index (χ1v) is 15.2.